The molecule has 0 radical (unpaired) electrons. The van der Waals surface area contributed by atoms with Gasteiger partial charge >= 0.3 is 0 Å². The SMILES string of the molecule is CN=C(NCCCCc1nc(C)cs1)NCC(C)(C)N1CCCCC1.I. The second-order valence-corrected chi connectivity index (χ2v) is 8.50. The van der Waals surface area contributed by atoms with Crippen molar-refractivity contribution in [3.8, 4) is 0 Å². The van der Waals surface area contributed by atoms with E-state index in [1.807, 2.05) is 7.05 Å². The molecule has 0 aromatic carbocycles. The number of piperidine rings is 1. The molecule has 0 bridgehead atoms. The summed E-state index contributed by atoms with van der Waals surface area (Å²) in [5, 5.41) is 10.3. The highest BCUT2D eigenvalue weighted by molar-refractivity contribution is 14.0. The lowest BCUT2D eigenvalue weighted by atomic mass is 9.98. The second kappa shape index (κ2) is 12.1. The molecule has 7 heteroatoms. The highest BCUT2D eigenvalue weighted by atomic mass is 127. The fourth-order valence-corrected chi connectivity index (χ4v) is 4.08. The van der Waals surface area contributed by atoms with Crippen LogP contribution in [0.2, 0.25) is 0 Å². The lowest BCUT2D eigenvalue weighted by Crippen LogP contribution is -2.54. The van der Waals surface area contributed by atoms with Crippen molar-refractivity contribution in [2.24, 2.45) is 4.99 Å². The number of hydrogen-bond donors (Lipinski definition) is 2. The Morgan fingerprint density at radius 1 is 1.23 bits per heavy atom. The van der Waals surface area contributed by atoms with E-state index in [1.54, 1.807) is 11.3 Å². The zero-order valence-corrected chi connectivity index (χ0v) is 20.0. The van der Waals surface area contributed by atoms with Crippen LogP contribution >= 0.6 is 35.3 Å². The maximum Gasteiger partial charge on any atom is 0.191 e. The normalized spacial score (nSPS) is 16.2. The van der Waals surface area contributed by atoms with Gasteiger partial charge in [0.2, 0.25) is 0 Å². The molecule has 150 valence electrons. The van der Waals surface area contributed by atoms with Gasteiger partial charge in [0.1, 0.15) is 0 Å². The number of aromatic nitrogens is 1. The van der Waals surface area contributed by atoms with E-state index in [0.717, 1.165) is 44.0 Å². The predicted octanol–water partition coefficient (Wildman–Crippen LogP) is 3.82. The Morgan fingerprint density at radius 3 is 2.58 bits per heavy atom. The van der Waals surface area contributed by atoms with Gasteiger partial charge in [0.05, 0.1) is 5.01 Å². The largest absolute Gasteiger partial charge is 0.356 e. The van der Waals surface area contributed by atoms with Gasteiger partial charge in [-0.05, 0) is 66.0 Å². The molecule has 1 aromatic rings. The fraction of sp³-hybridized carbons (Fsp3) is 0.789. The third-order valence-electron chi connectivity index (χ3n) is 4.90. The molecule has 26 heavy (non-hydrogen) atoms. The van der Waals surface area contributed by atoms with Crippen LogP contribution in [0.25, 0.3) is 0 Å². The number of likely N-dealkylation sites (tertiary alicyclic amines) is 1. The lowest BCUT2D eigenvalue weighted by Gasteiger charge is -2.41. The van der Waals surface area contributed by atoms with Gasteiger partial charge in [0.25, 0.3) is 0 Å². The van der Waals surface area contributed by atoms with Gasteiger partial charge in [-0.2, -0.15) is 0 Å². The first-order chi connectivity index (χ1) is 12.0. The Bertz CT molecular complexity index is 538. The number of guanidine groups is 1. The molecule has 1 aromatic heterocycles. The summed E-state index contributed by atoms with van der Waals surface area (Å²) in [7, 11) is 1.85. The van der Waals surface area contributed by atoms with Gasteiger partial charge in [0.15, 0.2) is 5.96 Å². The summed E-state index contributed by atoms with van der Waals surface area (Å²) in [5.74, 6) is 0.912. The van der Waals surface area contributed by atoms with Crippen LogP contribution in [-0.4, -0.2) is 54.6 Å². The molecule has 1 fully saturated rings. The Hall–Kier alpha value is -0.410. The van der Waals surface area contributed by atoms with E-state index in [2.05, 4.69) is 51.7 Å². The molecule has 2 rings (SSSR count). The summed E-state index contributed by atoms with van der Waals surface area (Å²) in [4.78, 5) is 11.5. The lowest BCUT2D eigenvalue weighted by molar-refractivity contribution is 0.0982. The number of nitrogens with one attached hydrogen (secondary N) is 2. The number of halogens is 1. The van der Waals surface area contributed by atoms with Gasteiger partial charge in [-0.15, -0.1) is 35.3 Å². The van der Waals surface area contributed by atoms with E-state index >= 15 is 0 Å². The predicted molar refractivity (Wildman–Crippen MR) is 124 cm³/mol. The van der Waals surface area contributed by atoms with E-state index in [0.29, 0.717) is 0 Å². The first-order valence-corrected chi connectivity index (χ1v) is 10.5. The number of nitrogens with zero attached hydrogens (tertiary/aromatic N) is 3. The van der Waals surface area contributed by atoms with Crippen LogP contribution in [0.5, 0.6) is 0 Å². The van der Waals surface area contributed by atoms with Crippen molar-refractivity contribution < 1.29 is 0 Å². The first kappa shape index (κ1) is 23.6. The Labute approximate surface area is 180 Å². The van der Waals surface area contributed by atoms with Crippen LogP contribution in [0.3, 0.4) is 0 Å². The van der Waals surface area contributed by atoms with Crippen molar-refractivity contribution in [1.29, 1.82) is 0 Å². The highest BCUT2D eigenvalue weighted by Crippen LogP contribution is 2.19. The smallest absolute Gasteiger partial charge is 0.191 e. The summed E-state index contributed by atoms with van der Waals surface area (Å²) in [6.07, 6.45) is 7.41. The van der Waals surface area contributed by atoms with Gasteiger partial charge in [0, 0.05) is 36.8 Å². The maximum absolute atomic E-state index is 4.52. The van der Waals surface area contributed by atoms with Crippen molar-refractivity contribution in [1.82, 2.24) is 20.5 Å². The zero-order chi connectivity index (χ0) is 18.1. The molecule has 5 nitrogen and oxygen atoms in total. The number of aryl methyl sites for hydroxylation is 2. The van der Waals surface area contributed by atoms with E-state index in [-0.39, 0.29) is 29.5 Å². The van der Waals surface area contributed by atoms with E-state index in [4.69, 9.17) is 0 Å². The molecular formula is C19H36IN5S. The average Bonchev–Trinajstić information content (AvgIpc) is 3.03. The average molecular weight is 494 g/mol. The molecule has 2 N–H and O–H groups in total. The zero-order valence-electron chi connectivity index (χ0n) is 16.8. The fourth-order valence-electron chi connectivity index (χ4n) is 3.26. The quantitative estimate of drug-likeness (QED) is 0.250. The Morgan fingerprint density at radius 2 is 1.96 bits per heavy atom. The third kappa shape index (κ3) is 8.08. The Kier molecular flexibility index (Phi) is 11.0. The third-order valence-corrected chi connectivity index (χ3v) is 5.93. The van der Waals surface area contributed by atoms with Crippen LogP contribution in [0.15, 0.2) is 10.4 Å². The molecule has 0 saturated carbocycles. The minimum absolute atomic E-state index is 0. The van der Waals surface area contributed by atoms with Crippen molar-refractivity contribution in [3.63, 3.8) is 0 Å². The molecule has 0 unspecified atom stereocenters. The molecule has 2 heterocycles. The van der Waals surface area contributed by atoms with Crippen molar-refractivity contribution in [2.75, 3.05) is 33.2 Å². The monoisotopic (exact) mass is 493 g/mol. The van der Waals surface area contributed by atoms with E-state index < -0.39 is 0 Å². The van der Waals surface area contributed by atoms with Gasteiger partial charge in [-0.25, -0.2) is 4.98 Å². The molecule has 0 spiro atoms. The van der Waals surface area contributed by atoms with Crippen LogP contribution in [-0.2, 0) is 6.42 Å². The maximum atomic E-state index is 4.52. The number of unbranched alkanes of at least 4 members (excludes halogenated alkanes) is 1. The van der Waals surface area contributed by atoms with Crippen LogP contribution in [0.4, 0.5) is 0 Å². The number of hydrogen-bond acceptors (Lipinski definition) is 4. The number of aliphatic imine (C=N–C) groups is 1. The molecule has 0 atom stereocenters. The number of thiazole rings is 1. The van der Waals surface area contributed by atoms with Crippen LogP contribution in [0.1, 0.15) is 56.7 Å². The van der Waals surface area contributed by atoms with E-state index in [9.17, 15) is 0 Å². The van der Waals surface area contributed by atoms with Gasteiger partial charge in [-0.1, -0.05) is 6.42 Å². The topological polar surface area (TPSA) is 52.6 Å². The van der Waals surface area contributed by atoms with Crippen LogP contribution in [0, 0.1) is 6.92 Å². The molecule has 1 saturated heterocycles. The summed E-state index contributed by atoms with van der Waals surface area (Å²) in [6, 6.07) is 0. The van der Waals surface area contributed by atoms with Gasteiger partial charge in [-0.3, -0.25) is 9.89 Å². The molecule has 0 aliphatic carbocycles. The standard InChI is InChI=1S/C19H35N5S.HI/c1-16-14-25-17(23-16)10-6-7-11-21-18(20-4)22-15-19(2,3)24-12-8-5-9-13-24;/h14H,5-13,15H2,1-4H3,(H2,20,21,22);1H. The van der Waals surface area contributed by atoms with Crippen LogP contribution < -0.4 is 10.6 Å². The minimum Gasteiger partial charge on any atom is -0.356 e. The van der Waals surface area contributed by atoms with E-state index in [1.165, 1.54) is 37.4 Å². The summed E-state index contributed by atoms with van der Waals surface area (Å²) >= 11 is 1.77. The van der Waals surface area contributed by atoms with Crippen molar-refractivity contribution >= 4 is 41.3 Å². The summed E-state index contributed by atoms with van der Waals surface area (Å²) in [6.45, 7) is 11.0. The molecule has 1 aliphatic heterocycles. The van der Waals surface area contributed by atoms with Gasteiger partial charge < -0.3 is 10.6 Å². The molecule has 1 aliphatic rings. The molecule has 0 amide bonds. The summed E-state index contributed by atoms with van der Waals surface area (Å²) < 4.78 is 0. The Balaban J connectivity index is 0.00000338. The van der Waals surface area contributed by atoms with Crippen molar-refractivity contribution in [2.45, 2.75) is 64.8 Å². The first-order valence-electron chi connectivity index (χ1n) is 9.62. The highest BCUT2D eigenvalue weighted by Gasteiger charge is 2.27. The number of rotatable bonds is 8. The molecular weight excluding hydrogens is 457 g/mol. The second-order valence-electron chi connectivity index (χ2n) is 7.55. The minimum atomic E-state index is 0. The van der Waals surface area contributed by atoms with Crippen molar-refractivity contribution in [3.05, 3.63) is 16.1 Å². The summed E-state index contributed by atoms with van der Waals surface area (Å²) in [5.41, 5.74) is 1.31.